The monoisotopic (exact) mass is 333 g/mol. The summed E-state index contributed by atoms with van der Waals surface area (Å²) in [4.78, 5) is 9.79. The first-order valence-electron chi connectivity index (χ1n) is 6.93. The maximum Gasteiger partial charge on any atom is 0.242 e. The van der Waals surface area contributed by atoms with Gasteiger partial charge < -0.3 is 5.32 Å². The van der Waals surface area contributed by atoms with Crippen LogP contribution in [0.15, 0.2) is 41.3 Å². The fourth-order valence-corrected chi connectivity index (χ4v) is 2.73. The van der Waals surface area contributed by atoms with Crippen LogP contribution in [-0.2, 0) is 0 Å². The van der Waals surface area contributed by atoms with Gasteiger partial charge in [-0.3, -0.25) is 10.9 Å². The van der Waals surface area contributed by atoms with E-state index in [0.717, 1.165) is 23.7 Å². The Labute approximate surface area is 140 Å². The predicted octanol–water partition coefficient (Wildman–Crippen LogP) is 2.68. The minimum absolute atomic E-state index is 0.514. The zero-order chi connectivity index (χ0) is 15.8. The van der Waals surface area contributed by atoms with Crippen molar-refractivity contribution in [3.63, 3.8) is 0 Å². The van der Waals surface area contributed by atoms with E-state index in [-0.39, 0.29) is 0 Å². The maximum absolute atomic E-state index is 5.20. The fraction of sp³-hybridized carbons (Fsp3) is 0.267. The van der Waals surface area contributed by atoms with Crippen LogP contribution in [0.5, 0.6) is 0 Å². The van der Waals surface area contributed by atoms with E-state index in [0.29, 0.717) is 11.1 Å². The zero-order valence-electron chi connectivity index (χ0n) is 12.6. The summed E-state index contributed by atoms with van der Waals surface area (Å²) in [5, 5.41) is 3.66. The molecule has 7 heteroatoms. The van der Waals surface area contributed by atoms with Crippen molar-refractivity contribution >= 4 is 35.0 Å². The average molecular weight is 333 g/mol. The van der Waals surface area contributed by atoms with Gasteiger partial charge in [-0.1, -0.05) is 18.2 Å². The molecule has 0 unspecified atom stereocenters. The predicted molar refractivity (Wildman–Crippen MR) is 96.0 cm³/mol. The summed E-state index contributed by atoms with van der Waals surface area (Å²) in [5.74, 6) is 1.45. The van der Waals surface area contributed by atoms with Gasteiger partial charge in [-0.2, -0.15) is 0 Å². The minimum Gasteiger partial charge on any atom is -0.361 e. The molecular formula is C15H19N5S2. The molecule has 0 atom stereocenters. The Balaban J connectivity index is 1.65. The molecule has 1 heterocycles. The van der Waals surface area contributed by atoms with Gasteiger partial charge in [0.1, 0.15) is 0 Å². The van der Waals surface area contributed by atoms with Crippen molar-refractivity contribution in [2.24, 2.45) is 0 Å². The molecule has 0 saturated carbocycles. The molecule has 0 radical (unpaired) electrons. The molecule has 3 N–H and O–H groups in total. The third-order valence-electron chi connectivity index (χ3n) is 2.67. The molecule has 0 aliphatic rings. The Morgan fingerprint density at radius 2 is 1.82 bits per heavy atom. The van der Waals surface area contributed by atoms with Crippen LogP contribution in [0.1, 0.15) is 11.4 Å². The summed E-state index contributed by atoms with van der Waals surface area (Å²) in [7, 11) is 0. The SMILES string of the molecule is Cc1cc(C)nc(NNC(=S)NCCSc2ccccc2)n1. The molecule has 2 aromatic rings. The Kier molecular flexibility index (Phi) is 6.42. The number of thioether (sulfide) groups is 1. The highest BCUT2D eigenvalue weighted by atomic mass is 32.2. The molecule has 0 fully saturated rings. The zero-order valence-corrected chi connectivity index (χ0v) is 14.2. The number of benzene rings is 1. The third-order valence-corrected chi connectivity index (χ3v) is 3.93. The topological polar surface area (TPSA) is 61.9 Å². The van der Waals surface area contributed by atoms with E-state index in [9.17, 15) is 0 Å². The Morgan fingerprint density at radius 3 is 2.50 bits per heavy atom. The number of hydrazine groups is 1. The van der Waals surface area contributed by atoms with E-state index >= 15 is 0 Å². The fourth-order valence-electron chi connectivity index (χ4n) is 1.79. The molecule has 116 valence electrons. The first-order chi connectivity index (χ1) is 10.6. The molecule has 0 amide bonds. The maximum atomic E-state index is 5.20. The number of aromatic nitrogens is 2. The van der Waals surface area contributed by atoms with Crippen LogP contribution in [-0.4, -0.2) is 27.4 Å². The van der Waals surface area contributed by atoms with E-state index in [1.165, 1.54) is 4.90 Å². The molecule has 1 aromatic heterocycles. The number of hydrogen-bond acceptors (Lipinski definition) is 5. The molecule has 22 heavy (non-hydrogen) atoms. The van der Waals surface area contributed by atoms with Gasteiger partial charge in [0.05, 0.1) is 0 Å². The van der Waals surface area contributed by atoms with Crippen LogP contribution in [0.25, 0.3) is 0 Å². The van der Waals surface area contributed by atoms with Gasteiger partial charge in [0.2, 0.25) is 5.95 Å². The molecule has 5 nitrogen and oxygen atoms in total. The highest BCUT2D eigenvalue weighted by Gasteiger charge is 2.00. The Hall–Kier alpha value is -1.86. The molecule has 1 aromatic carbocycles. The quantitative estimate of drug-likeness (QED) is 0.325. The van der Waals surface area contributed by atoms with Crippen molar-refractivity contribution < 1.29 is 0 Å². The number of hydrogen-bond donors (Lipinski definition) is 3. The van der Waals surface area contributed by atoms with Crippen molar-refractivity contribution in [2.75, 3.05) is 17.7 Å². The molecule has 2 rings (SSSR count). The molecule has 0 bridgehead atoms. The molecule has 0 aliphatic carbocycles. The summed E-state index contributed by atoms with van der Waals surface area (Å²) in [6.45, 7) is 4.63. The standard InChI is InChI=1S/C15H19N5S2/c1-11-10-12(2)18-14(17-11)19-20-15(21)16-8-9-22-13-6-4-3-5-7-13/h3-7,10H,8-9H2,1-2H3,(H2,16,20,21)(H,17,18,19). The van der Waals surface area contributed by atoms with Crippen LogP contribution < -0.4 is 16.2 Å². The Morgan fingerprint density at radius 1 is 1.14 bits per heavy atom. The van der Waals surface area contributed by atoms with Crippen molar-refractivity contribution in [2.45, 2.75) is 18.7 Å². The van der Waals surface area contributed by atoms with Gasteiger partial charge in [0.15, 0.2) is 5.11 Å². The number of thiocarbonyl (C=S) groups is 1. The molecule has 0 spiro atoms. The van der Waals surface area contributed by atoms with Crippen molar-refractivity contribution in [1.29, 1.82) is 0 Å². The van der Waals surface area contributed by atoms with Crippen LogP contribution in [0, 0.1) is 13.8 Å². The van der Waals surface area contributed by atoms with Gasteiger partial charge in [-0.05, 0) is 44.3 Å². The first kappa shape index (κ1) is 16.5. The van der Waals surface area contributed by atoms with Crippen LogP contribution in [0.2, 0.25) is 0 Å². The molecule has 0 saturated heterocycles. The van der Waals surface area contributed by atoms with Gasteiger partial charge in [0.25, 0.3) is 0 Å². The van der Waals surface area contributed by atoms with Crippen LogP contribution in [0.3, 0.4) is 0 Å². The number of aryl methyl sites for hydroxylation is 2. The lowest BCUT2D eigenvalue weighted by atomic mass is 10.4. The second-order valence-corrected chi connectivity index (χ2v) is 6.22. The highest BCUT2D eigenvalue weighted by molar-refractivity contribution is 7.99. The summed E-state index contributed by atoms with van der Waals surface area (Å²) in [5.41, 5.74) is 7.61. The second-order valence-electron chi connectivity index (χ2n) is 4.64. The number of anilines is 1. The average Bonchev–Trinajstić information content (AvgIpc) is 2.50. The van der Waals surface area contributed by atoms with E-state index in [2.05, 4.69) is 38.3 Å². The van der Waals surface area contributed by atoms with Crippen molar-refractivity contribution in [1.82, 2.24) is 20.7 Å². The lowest BCUT2D eigenvalue weighted by Gasteiger charge is -2.12. The lowest BCUT2D eigenvalue weighted by Crippen LogP contribution is -2.40. The molecular weight excluding hydrogens is 314 g/mol. The summed E-state index contributed by atoms with van der Waals surface area (Å²) in [6.07, 6.45) is 0. The van der Waals surface area contributed by atoms with Gasteiger partial charge in [-0.25, -0.2) is 9.97 Å². The Bertz CT molecular complexity index is 598. The van der Waals surface area contributed by atoms with Crippen LogP contribution >= 0.6 is 24.0 Å². The van der Waals surface area contributed by atoms with E-state index in [1.54, 1.807) is 11.8 Å². The van der Waals surface area contributed by atoms with E-state index in [4.69, 9.17) is 12.2 Å². The molecule has 0 aliphatic heterocycles. The third kappa shape index (κ3) is 5.87. The number of nitrogens with zero attached hydrogens (tertiary/aromatic N) is 2. The van der Waals surface area contributed by atoms with E-state index in [1.807, 2.05) is 38.1 Å². The van der Waals surface area contributed by atoms with Gasteiger partial charge >= 0.3 is 0 Å². The number of nitrogens with one attached hydrogen (secondary N) is 3. The summed E-state index contributed by atoms with van der Waals surface area (Å²) >= 11 is 6.99. The first-order valence-corrected chi connectivity index (χ1v) is 8.33. The minimum atomic E-state index is 0.514. The van der Waals surface area contributed by atoms with Gasteiger partial charge in [0, 0.05) is 28.6 Å². The van der Waals surface area contributed by atoms with Crippen molar-refractivity contribution in [3.8, 4) is 0 Å². The number of rotatable bonds is 6. The lowest BCUT2D eigenvalue weighted by molar-refractivity contribution is 0.915. The van der Waals surface area contributed by atoms with E-state index < -0.39 is 0 Å². The second kappa shape index (κ2) is 8.55. The van der Waals surface area contributed by atoms with Gasteiger partial charge in [-0.15, -0.1) is 11.8 Å². The smallest absolute Gasteiger partial charge is 0.242 e. The van der Waals surface area contributed by atoms with Crippen molar-refractivity contribution in [3.05, 3.63) is 47.8 Å². The normalized spacial score (nSPS) is 10.1. The summed E-state index contributed by atoms with van der Waals surface area (Å²) in [6, 6.07) is 12.2. The largest absolute Gasteiger partial charge is 0.361 e. The highest BCUT2D eigenvalue weighted by Crippen LogP contribution is 2.15. The summed E-state index contributed by atoms with van der Waals surface area (Å²) < 4.78 is 0. The van der Waals surface area contributed by atoms with Crippen LogP contribution in [0.4, 0.5) is 5.95 Å².